The van der Waals surface area contributed by atoms with Crippen LogP contribution in [0.2, 0.25) is 0 Å². The molecule has 1 aromatic heterocycles. The summed E-state index contributed by atoms with van der Waals surface area (Å²) < 4.78 is 22.1. The van der Waals surface area contributed by atoms with Gasteiger partial charge in [-0.3, -0.25) is 4.90 Å². The predicted octanol–water partition coefficient (Wildman–Crippen LogP) is 3.57. The molecule has 8 heteroatoms. The molecule has 166 valence electrons. The fourth-order valence-electron chi connectivity index (χ4n) is 4.07. The number of aromatic nitrogens is 2. The second-order valence-electron chi connectivity index (χ2n) is 7.79. The van der Waals surface area contributed by atoms with Crippen molar-refractivity contribution >= 4 is 11.6 Å². The van der Waals surface area contributed by atoms with Gasteiger partial charge in [-0.15, -0.1) is 0 Å². The van der Waals surface area contributed by atoms with Crippen LogP contribution in [0.3, 0.4) is 0 Å². The van der Waals surface area contributed by atoms with Crippen LogP contribution < -0.4 is 24.3 Å². The van der Waals surface area contributed by atoms with E-state index in [0.29, 0.717) is 19.2 Å². The first-order valence-electron chi connectivity index (χ1n) is 10.7. The number of nitrogens with one attached hydrogen (secondary N) is 1. The molecule has 0 radical (unpaired) electrons. The van der Waals surface area contributed by atoms with Crippen LogP contribution in [0, 0.1) is 0 Å². The van der Waals surface area contributed by atoms with Crippen molar-refractivity contribution in [2.45, 2.75) is 19.5 Å². The van der Waals surface area contributed by atoms with E-state index in [1.54, 1.807) is 14.2 Å². The van der Waals surface area contributed by atoms with Crippen molar-refractivity contribution in [2.24, 2.45) is 0 Å². The summed E-state index contributed by atoms with van der Waals surface area (Å²) in [6.07, 6.45) is 2.78. The van der Waals surface area contributed by atoms with Crippen LogP contribution in [0.4, 0.5) is 11.6 Å². The molecule has 2 aliphatic rings. The Labute approximate surface area is 187 Å². The highest BCUT2D eigenvalue weighted by molar-refractivity contribution is 5.60. The molecule has 8 nitrogen and oxygen atoms in total. The molecule has 0 fully saturated rings. The summed E-state index contributed by atoms with van der Waals surface area (Å²) >= 11 is 0. The third-order valence-corrected chi connectivity index (χ3v) is 5.69. The Balaban J connectivity index is 1.28. The Morgan fingerprint density at radius 1 is 1.03 bits per heavy atom. The monoisotopic (exact) mass is 434 g/mol. The lowest BCUT2D eigenvalue weighted by Crippen LogP contribution is -2.31. The van der Waals surface area contributed by atoms with Crippen molar-refractivity contribution in [2.75, 3.05) is 39.3 Å². The van der Waals surface area contributed by atoms with Crippen molar-refractivity contribution < 1.29 is 18.9 Å². The van der Waals surface area contributed by atoms with E-state index in [1.165, 1.54) is 0 Å². The normalized spacial score (nSPS) is 15.1. The number of hydrogen-bond donors (Lipinski definition) is 1. The van der Waals surface area contributed by atoms with Gasteiger partial charge < -0.3 is 24.3 Å². The van der Waals surface area contributed by atoms with Gasteiger partial charge in [-0.25, -0.2) is 9.97 Å². The SMILES string of the molecule is COc1ccc(OC)c(CN2CCc3nc(Nc4ccc5c(c4)OCCO5)ncc3C2)c1. The maximum Gasteiger partial charge on any atom is 0.227 e. The molecule has 0 saturated heterocycles. The third kappa shape index (κ3) is 4.27. The highest BCUT2D eigenvalue weighted by Gasteiger charge is 2.20. The molecule has 0 aliphatic carbocycles. The quantitative estimate of drug-likeness (QED) is 0.631. The van der Waals surface area contributed by atoms with Crippen molar-refractivity contribution in [1.29, 1.82) is 0 Å². The van der Waals surface area contributed by atoms with Gasteiger partial charge in [0, 0.05) is 55.1 Å². The van der Waals surface area contributed by atoms with Crippen molar-refractivity contribution in [3.8, 4) is 23.0 Å². The number of rotatable bonds is 6. The number of anilines is 2. The zero-order chi connectivity index (χ0) is 21.9. The van der Waals surface area contributed by atoms with Gasteiger partial charge in [0.05, 0.1) is 19.9 Å². The summed E-state index contributed by atoms with van der Waals surface area (Å²) in [6.45, 7) is 3.62. The van der Waals surface area contributed by atoms with Crippen molar-refractivity contribution in [3.63, 3.8) is 0 Å². The lowest BCUT2D eigenvalue weighted by molar-refractivity contribution is 0.171. The standard InChI is InChI=1S/C24H26N4O4/c1-29-19-4-6-21(30-2)16(11-19)14-28-8-7-20-17(15-28)13-25-24(27-20)26-18-3-5-22-23(12-18)32-10-9-31-22/h3-6,11-13H,7-10,14-15H2,1-2H3,(H,25,26,27). The fraction of sp³-hybridized carbons (Fsp3) is 0.333. The highest BCUT2D eigenvalue weighted by atomic mass is 16.6. The van der Waals surface area contributed by atoms with Crippen molar-refractivity contribution in [1.82, 2.24) is 14.9 Å². The number of ether oxygens (including phenoxy) is 4. The molecule has 0 unspecified atom stereocenters. The van der Waals surface area contributed by atoms with E-state index in [-0.39, 0.29) is 0 Å². The van der Waals surface area contributed by atoms with Gasteiger partial charge in [0.2, 0.25) is 5.95 Å². The maximum absolute atomic E-state index is 5.66. The van der Waals surface area contributed by atoms with Gasteiger partial charge in [0.25, 0.3) is 0 Å². The van der Waals surface area contributed by atoms with Crippen LogP contribution in [-0.2, 0) is 19.5 Å². The van der Waals surface area contributed by atoms with Crippen LogP contribution in [0.5, 0.6) is 23.0 Å². The summed E-state index contributed by atoms with van der Waals surface area (Å²) in [5.41, 5.74) is 4.20. The van der Waals surface area contributed by atoms with E-state index in [0.717, 1.165) is 71.6 Å². The third-order valence-electron chi connectivity index (χ3n) is 5.69. The summed E-state index contributed by atoms with van der Waals surface area (Å²) in [5, 5.41) is 3.28. The second-order valence-corrected chi connectivity index (χ2v) is 7.79. The van der Waals surface area contributed by atoms with Crippen LogP contribution in [0.25, 0.3) is 0 Å². The van der Waals surface area contributed by atoms with Gasteiger partial charge in [-0.05, 0) is 30.3 Å². The summed E-state index contributed by atoms with van der Waals surface area (Å²) in [7, 11) is 3.37. The molecule has 0 amide bonds. The average Bonchev–Trinajstić information content (AvgIpc) is 2.84. The van der Waals surface area contributed by atoms with Crippen LogP contribution in [0.15, 0.2) is 42.6 Å². The van der Waals surface area contributed by atoms with Gasteiger partial charge in [0.1, 0.15) is 24.7 Å². The lowest BCUT2D eigenvalue weighted by Gasteiger charge is -2.28. The largest absolute Gasteiger partial charge is 0.497 e. The number of methoxy groups -OCH3 is 2. The first kappa shape index (κ1) is 20.4. The minimum Gasteiger partial charge on any atom is -0.497 e. The minimum atomic E-state index is 0.559. The molecule has 1 N–H and O–H groups in total. The Hall–Kier alpha value is -3.52. The van der Waals surface area contributed by atoms with Crippen LogP contribution in [0.1, 0.15) is 16.8 Å². The van der Waals surface area contributed by atoms with Crippen LogP contribution >= 0.6 is 0 Å². The molecule has 0 spiro atoms. The summed E-state index contributed by atoms with van der Waals surface area (Å²) in [6, 6.07) is 11.7. The number of hydrogen-bond acceptors (Lipinski definition) is 8. The molecule has 0 saturated carbocycles. The molecule has 32 heavy (non-hydrogen) atoms. The zero-order valence-corrected chi connectivity index (χ0v) is 18.3. The molecule has 5 rings (SSSR count). The maximum atomic E-state index is 5.66. The topological polar surface area (TPSA) is 78.0 Å². The van der Waals surface area contributed by atoms with Gasteiger partial charge in [0.15, 0.2) is 11.5 Å². The first-order chi connectivity index (χ1) is 15.7. The number of benzene rings is 2. The Morgan fingerprint density at radius 2 is 1.91 bits per heavy atom. The van der Waals surface area contributed by atoms with Gasteiger partial charge >= 0.3 is 0 Å². The van der Waals surface area contributed by atoms with E-state index in [2.05, 4.69) is 15.2 Å². The molecule has 2 aromatic carbocycles. The predicted molar refractivity (Wildman–Crippen MR) is 120 cm³/mol. The van der Waals surface area contributed by atoms with E-state index >= 15 is 0 Å². The van der Waals surface area contributed by atoms with E-state index in [4.69, 9.17) is 23.9 Å². The highest BCUT2D eigenvalue weighted by Crippen LogP contribution is 2.33. The van der Waals surface area contributed by atoms with E-state index < -0.39 is 0 Å². The molecule has 0 bridgehead atoms. The number of nitrogens with zero attached hydrogens (tertiary/aromatic N) is 3. The average molecular weight is 434 g/mol. The summed E-state index contributed by atoms with van der Waals surface area (Å²) in [5.74, 6) is 3.79. The first-order valence-corrected chi connectivity index (χ1v) is 10.7. The summed E-state index contributed by atoms with van der Waals surface area (Å²) in [4.78, 5) is 11.7. The minimum absolute atomic E-state index is 0.559. The fourth-order valence-corrected chi connectivity index (χ4v) is 4.07. The molecule has 3 heterocycles. The second kappa shape index (κ2) is 8.92. The Kier molecular flexibility index (Phi) is 5.68. The molecule has 2 aliphatic heterocycles. The molecule has 0 atom stereocenters. The van der Waals surface area contributed by atoms with Gasteiger partial charge in [-0.2, -0.15) is 0 Å². The molecular weight excluding hydrogens is 408 g/mol. The van der Waals surface area contributed by atoms with Crippen molar-refractivity contribution in [3.05, 3.63) is 59.4 Å². The zero-order valence-electron chi connectivity index (χ0n) is 18.3. The van der Waals surface area contributed by atoms with Gasteiger partial charge in [-0.1, -0.05) is 0 Å². The van der Waals surface area contributed by atoms with E-state index in [1.807, 2.05) is 42.6 Å². The molecule has 3 aromatic rings. The van der Waals surface area contributed by atoms with E-state index in [9.17, 15) is 0 Å². The molecular formula is C24H26N4O4. The number of fused-ring (bicyclic) bond motifs is 2. The Morgan fingerprint density at radius 3 is 2.75 bits per heavy atom. The van der Waals surface area contributed by atoms with Crippen LogP contribution in [-0.4, -0.2) is 48.8 Å². The lowest BCUT2D eigenvalue weighted by atomic mass is 10.1. The smallest absolute Gasteiger partial charge is 0.227 e. The Bertz CT molecular complexity index is 1120.